The van der Waals surface area contributed by atoms with E-state index in [0.717, 1.165) is 24.0 Å². The molecule has 30 heavy (non-hydrogen) atoms. The van der Waals surface area contributed by atoms with Crippen molar-refractivity contribution in [3.05, 3.63) is 51.4 Å². The number of rotatable bonds is 3. The van der Waals surface area contributed by atoms with E-state index < -0.39 is 5.69 Å². The fourth-order valence-corrected chi connectivity index (χ4v) is 4.48. The molecule has 158 valence electrons. The SMILES string of the molecule is COc1ccc(-c2[nH]c(=O)[nH]c2O)nc1-c1cc2c(cc1C)C(C)(C)CCC2(C)C. The average Bonchev–Trinajstić information content (AvgIpc) is 3.03. The van der Waals surface area contributed by atoms with Gasteiger partial charge in [0.2, 0.25) is 5.88 Å². The van der Waals surface area contributed by atoms with Gasteiger partial charge in [-0.25, -0.2) is 9.78 Å². The first-order valence-electron chi connectivity index (χ1n) is 10.3. The van der Waals surface area contributed by atoms with E-state index in [-0.39, 0.29) is 22.4 Å². The number of aromatic nitrogens is 3. The van der Waals surface area contributed by atoms with Gasteiger partial charge in [-0.1, -0.05) is 33.8 Å². The Morgan fingerprint density at radius 1 is 1.03 bits per heavy atom. The van der Waals surface area contributed by atoms with Crippen LogP contribution in [0.25, 0.3) is 22.6 Å². The number of hydrogen-bond acceptors (Lipinski definition) is 4. The topological polar surface area (TPSA) is 91.0 Å². The Hall–Kier alpha value is -3.02. The van der Waals surface area contributed by atoms with Gasteiger partial charge < -0.3 is 14.8 Å². The summed E-state index contributed by atoms with van der Waals surface area (Å²) in [6, 6.07) is 8.08. The number of hydrogen-bond donors (Lipinski definition) is 3. The van der Waals surface area contributed by atoms with Crippen LogP contribution in [0.4, 0.5) is 0 Å². The Morgan fingerprint density at radius 3 is 2.23 bits per heavy atom. The fourth-order valence-electron chi connectivity index (χ4n) is 4.48. The molecule has 0 radical (unpaired) electrons. The van der Waals surface area contributed by atoms with E-state index in [4.69, 9.17) is 9.72 Å². The monoisotopic (exact) mass is 407 g/mol. The number of aromatic amines is 2. The lowest BCUT2D eigenvalue weighted by molar-refractivity contribution is 0.332. The zero-order chi connectivity index (χ0) is 21.8. The minimum atomic E-state index is -0.476. The summed E-state index contributed by atoms with van der Waals surface area (Å²) in [5, 5.41) is 10.1. The van der Waals surface area contributed by atoms with Gasteiger partial charge >= 0.3 is 5.69 Å². The molecule has 3 N–H and O–H groups in total. The number of nitrogens with zero attached hydrogens (tertiary/aromatic N) is 1. The zero-order valence-electron chi connectivity index (χ0n) is 18.4. The van der Waals surface area contributed by atoms with Crippen molar-refractivity contribution in [3.8, 4) is 34.3 Å². The third-order valence-corrected chi connectivity index (χ3v) is 6.49. The van der Waals surface area contributed by atoms with Gasteiger partial charge in [-0.3, -0.25) is 4.98 Å². The third kappa shape index (κ3) is 3.20. The molecule has 0 saturated heterocycles. The number of methoxy groups -OCH3 is 1. The van der Waals surface area contributed by atoms with Crippen LogP contribution in [-0.2, 0) is 10.8 Å². The van der Waals surface area contributed by atoms with Crippen LogP contribution in [0.1, 0.15) is 57.2 Å². The number of pyridine rings is 1. The van der Waals surface area contributed by atoms with E-state index in [9.17, 15) is 9.90 Å². The molecule has 3 aromatic rings. The van der Waals surface area contributed by atoms with Crippen LogP contribution in [0.15, 0.2) is 29.1 Å². The van der Waals surface area contributed by atoms with Crippen molar-refractivity contribution >= 4 is 0 Å². The van der Waals surface area contributed by atoms with Crippen LogP contribution in [0.5, 0.6) is 11.6 Å². The maximum Gasteiger partial charge on any atom is 0.326 e. The van der Waals surface area contributed by atoms with Crippen LogP contribution in [-0.4, -0.2) is 27.2 Å². The quantitative estimate of drug-likeness (QED) is 0.581. The zero-order valence-corrected chi connectivity index (χ0v) is 18.4. The number of H-pyrrole nitrogens is 2. The lowest BCUT2D eigenvalue weighted by Crippen LogP contribution is -2.34. The van der Waals surface area contributed by atoms with Gasteiger partial charge in [-0.05, 0) is 65.5 Å². The summed E-state index contributed by atoms with van der Waals surface area (Å²) in [6.45, 7) is 11.3. The van der Waals surface area contributed by atoms with Crippen molar-refractivity contribution in [2.75, 3.05) is 7.11 Å². The average molecular weight is 408 g/mol. The fraction of sp³-hybridized carbons (Fsp3) is 0.417. The Labute approximate surface area is 176 Å². The molecule has 2 aromatic heterocycles. The Bertz CT molecular complexity index is 1180. The summed E-state index contributed by atoms with van der Waals surface area (Å²) in [5.41, 5.74) is 6.00. The lowest BCUT2D eigenvalue weighted by Gasteiger charge is -2.42. The van der Waals surface area contributed by atoms with Crippen LogP contribution in [0.3, 0.4) is 0 Å². The maximum atomic E-state index is 11.6. The molecule has 4 rings (SSSR count). The highest BCUT2D eigenvalue weighted by Crippen LogP contribution is 2.48. The van der Waals surface area contributed by atoms with Crippen molar-refractivity contribution in [1.82, 2.24) is 15.0 Å². The molecule has 1 aliphatic carbocycles. The van der Waals surface area contributed by atoms with Gasteiger partial charge in [0.05, 0.1) is 12.8 Å². The van der Waals surface area contributed by atoms with Gasteiger partial charge in [0.25, 0.3) is 0 Å². The Kier molecular flexibility index (Phi) is 4.56. The summed E-state index contributed by atoms with van der Waals surface area (Å²) < 4.78 is 5.61. The van der Waals surface area contributed by atoms with Gasteiger partial charge in [0, 0.05) is 5.56 Å². The third-order valence-electron chi connectivity index (χ3n) is 6.49. The standard InChI is InChI=1S/C24H29N3O3/c1-13-11-15-16(24(4,5)10-9-23(15,2)3)12-14(13)19-18(30-6)8-7-17(25-19)20-21(28)27-22(29)26-20/h7-8,11-12,28H,9-10H2,1-6H3,(H2,26,27,29). The molecule has 6 nitrogen and oxygen atoms in total. The molecule has 0 saturated carbocycles. The Balaban J connectivity index is 1.95. The van der Waals surface area contributed by atoms with E-state index in [0.29, 0.717) is 17.1 Å². The second-order valence-electron chi connectivity index (χ2n) is 9.53. The molecular weight excluding hydrogens is 378 g/mol. The van der Waals surface area contributed by atoms with Crippen molar-refractivity contribution in [1.29, 1.82) is 0 Å². The smallest absolute Gasteiger partial charge is 0.326 e. The number of ether oxygens (including phenoxy) is 1. The first kappa shape index (κ1) is 20.3. The Morgan fingerprint density at radius 2 is 1.67 bits per heavy atom. The number of imidazole rings is 1. The molecular formula is C24H29N3O3. The predicted octanol–water partition coefficient (Wildman–Crippen LogP) is 4.80. The highest BCUT2D eigenvalue weighted by molar-refractivity contribution is 5.75. The maximum absolute atomic E-state index is 11.6. The van der Waals surface area contributed by atoms with Gasteiger partial charge in [-0.15, -0.1) is 0 Å². The lowest BCUT2D eigenvalue weighted by atomic mass is 9.62. The molecule has 0 atom stereocenters. The molecule has 2 heterocycles. The molecule has 6 heteroatoms. The number of aromatic hydroxyl groups is 1. The van der Waals surface area contributed by atoms with Crippen molar-refractivity contribution in [2.24, 2.45) is 0 Å². The first-order valence-corrected chi connectivity index (χ1v) is 10.3. The predicted molar refractivity (Wildman–Crippen MR) is 118 cm³/mol. The highest BCUT2D eigenvalue weighted by atomic mass is 16.5. The molecule has 0 aliphatic heterocycles. The number of fused-ring (bicyclic) bond motifs is 1. The molecule has 0 unspecified atom stereocenters. The van der Waals surface area contributed by atoms with Crippen molar-refractivity contribution in [2.45, 2.75) is 58.3 Å². The summed E-state index contributed by atoms with van der Waals surface area (Å²) >= 11 is 0. The minimum Gasteiger partial charge on any atom is -0.494 e. The van der Waals surface area contributed by atoms with Crippen molar-refractivity contribution in [3.63, 3.8) is 0 Å². The van der Waals surface area contributed by atoms with Gasteiger partial charge in [0.15, 0.2) is 0 Å². The summed E-state index contributed by atoms with van der Waals surface area (Å²) in [5.74, 6) is 0.417. The molecule has 0 fully saturated rings. The minimum absolute atomic E-state index is 0.0717. The van der Waals surface area contributed by atoms with E-state index in [2.05, 4.69) is 56.7 Å². The summed E-state index contributed by atoms with van der Waals surface area (Å²) in [4.78, 5) is 21.3. The van der Waals surface area contributed by atoms with Crippen LogP contribution in [0.2, 0.25) is 0 Å². The summed E-state index contributed by atoms with van der Waals surface area (Å²) in [6.07, 6.45) is 2.28. The molecule has 1 aromatic carbocycles. The van der Waals surface area contributed by atoms with E-state index in [1.807, 2.05) is 6.07 Å². The second-order valence-corrected chi connectivity index (χ2v) is 9.53. The van der Waals surface area contributed by atoms with Crippen LogP contribution < -0.4 is 10.4 Å². The van der Waals surface area contributed by atoms with Gasteiger partial charge in [-0.2, -0.15) is 0 Å². The molecule has 0 bridgehead atoms. The van der Waals surface area contributed by atoms with E-state index >= 15 is 0 Å². The van der Waals surface area contributed by atoms with Crippen LogP contribution >= 0.6 is 0 Å². The molecule has 0 amide bonds. The number of aryl methyl sites for hydroxylation is 1. The molecule has 1 aliphatic rings. The first-order chi connectivity index (χ1) is 14.0. The normalized spacial score (nSPS) is 16.9. The summed E-state index contributed by atoms with van der Waals surface area (Å²) in [7, 11) is 1.62. The molecule has 0 spiro atoms. The van der Waals surface area contributed by atoms with Gasteiger partial charge in [0.1, 0.15) is 17.1 Å². The highest BCUT2D eigenvalue weighted by Gasteiger charge is 2.37. The van der Waals surface area contributed by atoms with E-state index in [1.165, 1.54) is 11.1 Å². The van der Waals surface area contributed by atoms with Crippen LogP contribution in [0, 0.1) is 6.92 Å². The largest absolute Gasteiger partial charge is 0.494 e. The van der Waals surface area contributed by atoms with E-state index in [1.54, 1.807) is 13.2 Å². The second kappa shape index (κ2) is 6.76. The number of nitrogens with one attached hydrogen (secondary N) is 2. The van der Waals surface area contributed by atoms with Crippen molar-refractivity contribution < 1.29 is 9.84 Å². The number of benzene rings is 1.